The lowest BCUT2D eigenvalue weighted by Crippen LogP contribution is -2.25. The summed E-state index contributed by atoms with van der Waals surface area (Å²) in [7, 11) is 0. The molecule has 0 saturated carbocycles. The van der Waals surface area contributed by atoms with Gasteiger partial charge in [-0.1, -0.05) is 13.8 Å². The number of hydrogen-bond acceptors (Lipinski definition) is 3. The van der Waals surface area contributed by atoms with Gasteiger partial charge in [-0.25, -0.2) is 0 Å². The van der Waals surface area contributed by atoms with Crippen molar-refractivity contribution in [3.8, 4) is 17.0 Å². The van der Waals surface area contributed by atoms with Crippen molar-refractivity contribution in [1.29, 1.82) is 0 Å². The first kappa shape index (κ1) is 18.8. The Kier molecular flexibility index (Phi) is 6.01. The molecule has 0 radical (unpaired) electrons. The number of halogens is 3. The fourth-order valence-corrected chi connectivity index (χ4v) is 2.10. The van der Waals surface area contributed by atoms with Crippen LogP contribution in [0.2, 0.25) is 0 Å². The molecule has 4 nitrogen and oxygen atoms in total. The van der Waals surface area contributed by atoms with Crippen molar-refractivity contribution in [2.45, 2.75) is 26.6 Å². The summed E-state index contributed by atoms with van der Waals surface area (Å²) in [6.45, 7) is 4.75. The highest BCUT2D eigenvalue weighted by atomic mass is 19.4. The molecule has 1 aromatic heterocycles. The summed E-state index contributed by atoms with van der Waals surface area (Å²) >= 11 is 0. The van der Waals surface area contributed by atoms with Gasteiger partial charge >= 0.3 is 6.36 Å². The van der Waals surface area contributed by atoms with Crippen LogP contribution in [0.4, 0.5) is 13.2 Å². The molecule has 0 unspecified atom stereocenters. The van der Waals surface area contributed by atoms with Crippen molar-refractivity contribution in [2.75, 3.05) is 6.54 Å². The first-order valence-corrected chi connectivity index (χ1v) is 7.85. The Hall–Kier alpha value is -2.57. The van der Waals surface area contributed by atoms with Gasteiger partial charge in [0.2, 0.25) is 0 Å². The molecule has 0 aliphatic heterocycles. The van der Waals surface area contributed by atoms with E-state index in [9.17, 15) is 18.0 Å². The van der Waals surface area contributed by atoms with Gasteiger partial charge in [-0.2, -0.15) is 0 Å². The summed E-state index contributed by atoms with van der Waals surface area (Å²) in [6, 6.07) is 8.68. The van der Waals surface area contributed by atoms with E-state index in [2.05, 4.69) is 28.9 Å². The zero-order chi connectivity index (χ0) is 18.4. The van der Waals surface area contributed by atoms with E-state index < -0.39 is 6.36 Å². The topological polar surface area (TPSA) is 51.2 Å². The number of benzene rings is 1. The van der Waals surface area contributed by atoms with E-state index in [0.29, 0.717) is 29.3 Å². The van der Waals surface area contributed by atoms with Crippen LogP contribution in [0.3, 0.4) is 0 Å². The molecule has 1 amide bonds. The van der Waals surface area contributed by atoms with E-state index in [1.807, 2.05) is 0 Å². The highest BCUT2D eigenvalue weighted by molar-refractivity contribution is 5.94. The maximum absolute atomic E-state index is 12.1. The van der Waals surface area contributed by atoms with E-state index in [4.69, 9.17) is 0 Å². The van der Waals surface area contributed by atoms with Crippen LogP contribution in [0.5, 0.6) is 5.75 Å². The molecule has 0 spiro atoms. The number of ether oxygens (including phenoxy) is 1. The number of aromatic nitrogens is 1. The smallest absolute Gasteiger partial charge is 0.406 e. The van der Waals surface area contributed by atoms with Crippen LogP contribution in [0.25, 0.3) is 11.3 Å². The van der Waals surface area contributed by atoms with Crippen LogP contribution in [-0.2, 0) is 0 Å². The third-order valence-electron chi connectivity index (χ3n) is 3.42. The van der Waals surface area contributed by atoms with Crippen molar-refractivity contribution < 1.29 is 22.7 Å². The van der Waals surface area contributed by atoms with Gasteiger partial charge < -0.3 is 10.1 Å². The summed E-state index contributed by atoms with van der Waals surface area (Å²) in [4.78, 5) is 16.2. The molecule has 2 aromatic rings. The third kappa shape index (κ3) is 6.10. The summed E-state index contributed by atoms with van der Waals surface area (Å²) in [5.41, 5.74) is 1.61. The van der Waals surface area contributed by atoms with Crippen molar-refractivity contribution in [3.63, 3.8) is 0 Å². The van der Waals surface area contributed by atoms with Gasteiger partial charge in [-0.3, -0.25) is 9.78 Å². The number of amides is 1. The SMILES string of the molecule is CC(C)CCNC(=O)c1ccc(-c2ccc(OC(F)(F)F)cc2)nc1. The standard InChI is InChI=1S/C18H19F3N2O2/c1-12(2)9-10-22-17(24)14-5-8-16(23-11-14)13-3-6-15(7-4-13)25-18(19,20)21/h3-8,11-12H,9-10H2,1-2H3,(H,22,24). The Balaban J connectivity index is 2.00. The van der Waals surface area contributed by atoms with Gasteiger partial charge in [0.1, 0.15) is 5.75 Å². The van der Waals surface area contributed by atoms with Gasteiger partial charge in [0.15, 0.2) is 0 Å². The maximum Gasteiger partial charge on any atom is 0.573 e. The molecule has 0 aliphatic carbocycles. The molecule has 0 aliphatic rings. The minimum Gasteiger partial charge on any atom is -0.406 e. The largest absolute Gasteiger partial charge is 0.573 e. The molecule has 0 bridgehead atoms. The Morgan fingerprint density at radius 1 is 1.16 bits per heavy atom. The molecule has 7 heteroatoms. The van der Waals surface area contributed by atoms with E-state index >= 15 is 0 Å². The van der Waals surface area contributed by atoms with Crippen LogP contribution in [-0.4, -0.2) is 23.8 Å². The Morgan fingerprint density at radius 2 is 1.84 bits per heavy atom. The average Bonchev–Trinajstić information content (AvgIpc) is 2.54. The minimum atomic E-state index is -4.72. The summed E-state index contributed by atoms with van der Waals surface area (Å²) in [6.07, 6.45) is -2.38. The second kappa shape index (κ2) is 8.00. The lowest BCUT2D eigenvalue weighted by Gasteiger charge is -2.09. The van der Waals surface area contributed by atoms with Crippen molar-refractivity contribution in [2.24, 2.45) is 5.92 Å². The molecule has 1 aromatic carbocycles. The van der Waals surface area contributed by atoms with E-state index in [1.54, 1.807) is 12.1 Å². The quantitative estimate of drug-likeness (QED) is 0.837. The number of alkyl halides is 3. The number of pyridine rings is 1. The number of rotatable bonds is 6. The highest BCUT2D eigenvalue weighted by Gasteiger charge is 2.30. The third-order valence-corrected chi connectivity index (χ3v) is 3.42. The van der Waals surface area contributed by atoms with Gasteiger partial charge in [0.05, 0.1) is 11.3 Å². The Bertz CT molecular complexity index is 696. The zero-order valence-electron chi connectivity index (χ0n) is 13.9. The molecule has 25 heavy (non-hydrogen) atoms. The van der Waals surface area contributed by atoms with Crippen LogP contribution >= 0.6 is 0 Å². The van der Waals surface area contributed by atoms with Crippen LogP contribution in [0.1, 0.15) is 30.6 Å². The normalized spacial score (nSPS) is 11.4. The molecule has 0 saturated heterocycles. The number of nitrogens with zero attached hydrogens (tertiary/aromatic N) is 1. The monoisotopic (exact) mass is 352 g/mol. The first-order chi connectivity index (χ1) is 11.7. The predicted octanol–water partition coefficient (Wildman–Crippen LogP) is 4.42. The lowest BCUT2D eigenvalue weighted by molar-refractivity contribution is -0.274. The van der Waals surface area contributed by atoms with E-state index in [1.165, 1.54) is 30.5 Å². The fourth-order valence-electron chi connectivity index (χ4n) is 2.10. The Labute approximate surface area is 144 Å². The van der Waals surface area contributed by atoms with Crippen LogP contribution in [0.15, 0.2) is 42.6 Å². The number of hydrogen-bond donors (Lipinski definition) is 1. The minimum absolute atomic E-state index is 0.200. The molecule has 0 fully saturated rings. The number of nitrogens with one attached hydrogen (secondary N) is 1. The second-order valence-electron chi connectivity index (χ2n) is 5.94. The van der Waals surface area contributed by atoms with Gasteiger partial charge in [0, 0.05) is 18.3 Å². The predicted molar refractivity (Wildman–Crippen MR) is 88.1 cm³/mol. The zero-order valence-corrected chi connectivity index (χ0v) is 13.9. The average molecular weight is 352 g/mol. The van der Waals surface area contributed by atoms with E-state index in [-0.39, 0.29) is 11.7 Å². The van der Waals surface area contributed by atoms with Crippen LogP contribution < -0.4 is 10.1 Å². The molecule has 2 rings (SSSR count). The lowest BCUT2D eigenvalue weighted by atomic mass is 10.1. The van der Waals surface area contributed by atoms with Gasteiger partial charge in [-0.15, -0.1) is 13.2 Å². The second-order valence-corrected chi connectivity index (χ2v) is 5.94. The Morgan fingerprint density at radius 3 is 2.36 bits per heavy atom. The highest BCUT2D eigenvalue weighted by Crippen LogP contribution is 2.25. The van der Waals surface area contributed by atoms with Crippen molar-refractivity contribution in [3.05, 3.63) is 48.2 Å². The van der Waals surface area contributed by atoms with E-state index in [0.717, 1.165) is 6.42 Å². The molecule has 134 valence electrons. The fraction of sp³-hybridized carbons (Fsp3) is 0.333. The summed E-state index contributed by atoms with van der Waals surface area (Å²) in [5.74, 6) is 0.0103. The first-order valence-electron chi connectivity index (χ1n) is 7.85. The summed E-state index contributed by atoms with van der Waals surface area (Å²) < 4.78 is 40.3. The molecule has 1 N–H and O–H groups in total. The van der Waals surface area contributed by atoms with Crippen molar-refractivity contribution >= 4 is 5.91 Å². The number of carbonyl (C=O) groups is 1. The van der Waals surface area contributed by atoms with Crippen LogP contribution in [0, 0.1) is 5.92 Å². The summed E-state index contributed by atoms with van der Waals surface area (Å²) in [5, 5.41) is 2.82. The van der Waals surface area contributed by atoms with Gasteiger partial charge in [-0.05, 0) is 48.7 Å². The molecule has 1 heterocycles. The van der Waals surface area contributed by atoms with Gasteiger partial charge in [0.25, 0.3) is 5.91 Å². The van der Waals surface area contributed by atoms with Crippen molar-refractivity contribution in [1.82, 2.24) is 10.3 Å². The molecule has 0 atom stereocenters. The molecular formula is C18H19F3N2O2. The maximum atomic E-state index is 12.1. The number of carbonyl (C=O) groups excluding carboxylic acids is 1. The molecular weight excluding hydrogens is 333 g/mol.